The van der Waals surface area contributed by atoms with Crippen LogP contribution in [0.1, 0.15) is 54.9 Å². The summed E-state index contributed by atoms with van der Waals surface area (Å²) in [5, 5.41) is 0. The lowest BCUT2D eigenvalue weighted by Crippen LogP contribution is -2.30. The molecule has 2 aliphatic rings. The lowest BCUT2D eigenvalue weighted by Gasteiger charge is -2.20. The van der Waals surface area contributed by atoms with Gasteiger partial charge in [0.05, 0.1) is 39.6 Å². The molecule has 0 aliphatic carbocycles. The van der Waals surface area contributed by atoms with Crippen molar-refractivity contribution in [2.24, 2.45) is 5.41 Å². The zero-order valence-corrected chi connectivity index (χ0v) is 21.2. The molecule has 2 rings (SSSR count). The quantitative estimate of drug-likeness (QED) is 0.474. The molecule has 2 atom stereocenters. The van der Waals surface area contributed by atoms with Gasteiger partial charge in [-0.05, 0) is 39.5 Å². The van der Waals surface area contributed by atoms with Crippen LogP contribution in [-0.2, 0) is 37.9 Å². The molecule has 0 bridgehead atoms. The second-order valence-electron chi connectivity index (χ2n) is 10.1. The van der Waals surface area contributed by atoms with Crippen molar-refractivity contribution in [3.63, 3.8) is 0 Å². The Kier molecular flexibility index (Phi) is 12.4. The van der Waals surface area contributed by atoms with Crippen LogP contribution in [0.15, 0.2) is 0 Å². The van der Waals surface area contributed by atoms with Crippen molar-refractivity contribution in [2.75, 3.05) is 60.5 Å². The van der Waals surface area contributed by atoms with E-state index in [2.05, 4.69) is 20.8 Å². The summed E-state index contributed by atoms with van der Waals surface area (Å²) < 4.78 is 43.9. The Morgan fingerprint density at radius 2 is 1.29 bits per heavy atom. The molecule has 0 aromatic carbocycles. The highest BCUT2D eigenvalue weighted by molar-refractivity contribution is 4.72. The van der Waals surface area contributed by atoms with Gasteiger partial charge in [-0.3, -0.25) is 0 Å². The third-order valence-corrected chi connectivity index (χ3v) is 4.74. The molecule has 31 heavy (non-hydrogen) atoms. The minimum Gasteiger partial charge on any atom is -0.385 e. The van der Waals surface area contributed by atoms with Gasteiger partial charge in [0, 0.05) is 20.8 Å². The Balaban J connectivity index is 0.000000512. The van der Waals surface area contributed by atoms with Gasteiger partial charge in [0.1, 0.15) is 18.3 Å². The third-order valence-electron chi connectivity index (χ3n) is 4.74. The monoisotopic (exact) mass is 450 g/mol. The Bertz CT molecular complexity index is 443. The molecule has 186 valence electrons. The van der Waals surface area contributed by atoms with E-state index in [1.54, 1.807) is 14.2 Å². The van der Waals surface area contributed by atoms with Gasteiger partial charge >= 0.3 is 0 Å². The van der Waals surface area contributed by atoms with Crippen LogP contribution in [0.25, 0.3) is 0 Å². The highest BCUT2D eigenvalue weighted by Gasteiger charge is 2.33. The van der Waals surface area contributed by atoms with Gasteiger partial charge in [-0.2, -0.15) is 0 Å². The van der Waals surface area contributed by atoms with Gasteiger partial charge in [-0.25, -0.2) is 0 Å². The Morgan fingerprint density at radius 3 is 1.55 bits per heavy atom. The molecule has 2 fully saturated rings. The number of ether oxygens (including phenoxy) is 8. The summed E-state index contributed by atoms with van der Waals surface area (Å²) in [4.78, 5) is 0. The number of hydrogen-bond donors (Lipinski definition) is 0. The Morgan fingerprint density at radius 1 is 0.839 bits per heavy atom. The molecular weight excluding hydrogens is 404 g/mol. The van der Waals surface area contributed by atoms with E-state index >= 15 is 0 Å². The minimum absolute atomic E-state index is 0.0327. The molecule has 0 amide bonds. The van der Waals surface area contributed by atoms with Crippen LogP contribution in [0.2, 0.25) is 0 Å². The van der Waals surface area contributed by atoms with Gasteiger partial charge < -0.3 is 37.9 Å². The van der Waals surface area contributed by atoms with Gasteiger partial charge in [0.2, 0.25) is 0 Å². The normalized spacial score (nSPS) is 25.8. The summed E-state index contributed by atoms with van der Waals surface area (Å²) in [5.41, 5.74) is 0.427. The zero-order valence-electron chi connectivity index (χ0n) is 21.2. The van der Waals surface area contributed by atoms with Crippen LogP contribution in [0.5, 0.6) is 0 Å². The fourth-order valence-corrected chi connectivity index (χ4v) is 2.94. The molecule has 0 aromatic heterocycles. The molecule has 8 heteroatoms. The molecule has 0 saturated carbocycles. The molecule has 2 heterocycles. The Hall–Kier alpha value is -0.320. The molecule has 8 nitrogen and oxygen atoms in total. The van der Waals surface area contributed by atoms with Crippen molar-refractivity contribution < 1.29 is 37.9 Å². The predicted octanol–water partition coefficient (Wildman–Crippen LogP) is 3.41. The Labute approximate surface area is 189 Å². The van der Waals surface area contributed by atoms with Crippen LogP contribution < -0.4 is 0 Å². The largest absolute Gasteiger partial charge is 0.385 e. The van der Waals surface area contributed by atoms with Crippen LogP contribution in [0, 0.1) is 5.41 Å². The van der Waals surface area contributed by atoms with Gasteiger partial charge in [0.25, 0.3) is 0 Å². The fourth-order valence-electron chi connectivity index (χ4n) is 2.94. The zero-order chi connectivity index (χ0) is 23.5. The highest BCUT2D eigenvalue weighted by atomic mass is 16.8. The van der Waals surface area contributed by atoms with Crippen LogP contribution in [-0.4, -0.2) is 90.4 Å². The first-order valence-electron chi connectivity index (χ1n) is 11.2. The predicted molar refractivity (Wildman–Crippen MR) is 118 cm³/mol. The average Bonchev–Trinajstić information content (AvgIpc) is 3.19. The standard InChI is InChI=1S/C16H30O7.C7H16O/c1-15(2)20-10-13(22-15)8-18-6-12(17-5)7-19-9-14-11-21-16(3,4)23-14;1-7(2,3)5-6-8-4/h12-14H,6-11H2,1-5H3;5-6H2,1-4H3. The van der Waals surface area contributed by atoms with Crippen molar-refractivity contribution >= 4 is 0 Å². The summed E-state index contributed by atoms with van der Waals surface area (Å²) >= 11 is 0. The summed E-state index contributed by atoms with van der Waals surface area (Å²) in [7, 11) is 3.39. The summed E-state index contributed by atoms with van der Waals surface area (Å²) in [6.07, 6.45) is 0.953. The van der Waals surface area contributed by atoms with Gasteiger partial charge in [-0.15, -0.1) is 0 Å². The van der Waals surface area contributed by atoms with E-state index in [1.807, 2.05) is 27.7 Å². The van der Waals surface area contributed by atoms with E-state index in [9.17, 15) is 0 Å². The van der Waals surface area contributed by atoms with E-state index in [1.165, 1.54) is 0 Å². The third kappa shape index (κ3) is 13.7. The number of rotatable bonds is 11. The maximum atomic E-state index is 5.68. The first-order valence-corrected chi connectivity index (χ1v) is 11.2. The molecule has 2 saturated heterocycles. The molecule has 0 N–H and O–H groups in total. The first kappa shape index (κ1) is 28.7. The van der Waals surface area contributed by atoms with Crippen molar-refractivity contribution in [1.29, 1.82) is 0 Å². The van der Waals surface area contributed by atoms with E-state index in [4.69, 9.17) is 37.9 Å². The van der Waals surface area contributed by atoms with E-state index in [0.29, 0.717) is 45.1 Å². The molecule has 0 spiro atoms. The van der Waals surface area contributed by atoms with Crippen LogP contribution in [0.4, 0.5) is 0 Å². The van der Waals surface area contributed by atoms with E-state index < -0.39 is 11.6 Å². The van der Waals surface area contributed by atoms with Crippen molar-refractivity contribution in [2.45, 2.75) is 84.8 Å². The topological polar surface area (TPSA) is 73.8 Å². The van der Waals surface area contributed by atoms with E-state index in [-0.39, 0.29) is 18.3 Å². The SMILES string of the molecule is COC(COCC1COC(C)(C)O1)COCC1COC(C)(C)O1.COCCC(C)(C)C. The summed E-state index contributed by atoms with van der Waals surface area (Å²) in [6.45, 7) is 18.1. The lowest BCUT2D eigenvalue weighted by molar-refractivity contribution is -0.150. The lowest BCUT2D eigenvalue weighted by atomic mass is 9.93. The van der Waals surface area contributed by atoms with E-state index in [0.717, 1.165) is 13.0 Å². The average molecular weight is 451 g/mol. The molecular formula is C23H46O8. The molecule has 2 aliphatic heterocycles. The molecule has 2 unspecified atom stereocenters. The minimum atomic E-state index is -0.519. The maximum absolute atomic E-state index is 5.68. The van der Waals surface area contributed by atoms with Crippen LogP contribution >= 0.6 is 0 Å². The van der Waals surface area contributed by atoms with Crippen molar-refractivity contribution in [3.8, 4) is 0 Å². The summed E-state index contributed by atoms with van der Waals surface area (Å²) in [5.74, 6) is -1.04. The number of methoxy groups -OCH3 is 2. The van der Waals surface area contributed by atoms with Crippen molar-refractivity contribution in [1.82, 2.24) is 0 Å². The number of hydrogen-bond acceptors (Lipinski definition) is 8. The molecule has 0 radical (unpaired) electrons. The van der Waals surface area contributed by atoms with Gasteiger partial charge in [-0.1, -0.05) is 20.8 Å². The highest BCUT2D eigenvalue weighted by Crippen LogP contribution is 2.23. The smallest absolute Gasteiger partial charge is 0.163 e. The summed E-state index contributed by atoms with van der Waals surface area (Å²) in [6, 6.07) is 0. The maximum Gasteiger partial charge on any atom is 0.163 e. The second-order valence-corrected chi connectivity index (χ2v) is 10.1. The van der Waals surface area contributed by atoms with Crippen molar-refractivity contribution in [3.05, 3.63) is 0 Å². The first-order chi connectivity index (χ1) is 14.4. The fraction of sp³-hybridized carbons (Fsp3) is 1.00. The molecule has 0 aromatic rings. The second kappa shape index (κ2) is 13.4. The van der Waals surface area contributed by atoms with Crippen LogP contribution in [0.3, 0.4) is 0 Å². The van der Waals surface area contributed by atoms with Gasteiger partial charge in [0.15, 0.2) is 11.6 Å².